The van der Waals surface area contributed by atoms with Crippen molar-refractivity contribution < 1.29 is 14.3 Å². The van der Waals surface area contributed by atoms with Crippen molar-refractivity contribution in [2.75, 3.05) is 32.6 Å². The Morgan fingerprint density at radius 2 is 1.85 bits per heavy atom. The number of anilines is 1. The van der Waals surface area contributed by atoms with Crippen LogP contribution in [0.1, 0.15) is 33.6 Å². The van der Waals surface area contributed by atoms with Crippen LogP contribution in [0.15, 0.2) is 66.0 Å². The first-order valence-electron chi connectivity index (χ1n) is 11.1. The normalized spacial score (nSPS) is 10.8. The van der Waals surface area contributed by atoms with Gasteiger partial charge in [0.2, 0.25) is 5.91 Å². The largest absolute Gasteiger partial charge is 0.492 e. The number of hydrogen-bond acceptors (Lipinski definition) is 5. The smallest absolute Gasteiger partial charge is 0.251 e. The molecular weight excluding hydrogens is 434 g/mol. The first-order chi connectivity index (χ1) is 16.0. The van der Waals surface area contributed by atoms with Gasteiger partial charge in [0.1, 0.15) is 12.4 Å². The molecule has 2 N–H and O–H groups in total. The van der Waals surface area contributed by atoms with Crippen LogP contribution in [0, 0.1) is 0 Å². The molecule has 1 heterocycles. The molecule has 0 aliphatic rings. The first-order valence-corrected chi connectivity index (χ1v) is 11.9. The van der Waals surface area contributed by atoms with Crippen molar-refractivity contribution in [3.63, 3.8) is 0 Å². The lowest BCUT2D eigenvalue weighted by molar-refractivity contribution is -0.116. The summed E-state index contributed by atoms with van der Waals surface area (Å²) in [4.78, 5) is 28.2. The van der Waals surface area contributed by atoms with Crippen LogP contribution in [-0.4, -0.2) is 44.0 Å². The Morgan fingerprint density at radius 1 is 1.03 bits per heavy atom. The number of thiophene rings is 1. The number of nitrogens with zero attached hydrogens (tertiary/aromatic N) is 1. The number of carbonyl (C=O) groups is 2. The Labute approximate surface area is 199 Å². The van der Waals surface area contributed by atoms with Gasteiger partial charge in [-0.3, -0.25) is 9.59 Å². The van der Waals surface area contributed by atoms with Crippen LogP contribution < -0.4 is 15.4 Å². The second kappa shape index (κ2) is 12.8. The minimum atomic E-state index is -0.185. The molecule has 174 valence electrons. The number of likely N-dealkylation sites (N-methyl/N-ethyl adjacent to an activating group) is 1. The summed E-state index contributed by atoms with van der Waals surface area (Å²) in [5.74, 6) is 0.581. The van der Waals surface area contributed by atoms with Crippen molar-refractivity contribution in [3.05, 3.63) is 82.0 Å². The Balaban J connectivity index is 1.43. The predicted octanol–water partition coefficient (Wildman–Crippen LogP) is 4.58. The minimum absolute atomic E-state index is 0.0444. The Morgan fingerprint density at radius 3 is 2.58 bits per heavy atom. The molecule has 0 fully saturated rings. The molecule has 0 bridgehead atoms. The average molecular weight is 466 g/mol. The van der Waals surface area contributed by atoms with Crippen molar-refractivity contribution in [1.82, 2.24) is 10.2 Å². The lowest BCUT2D eigenvalue weighted by atomic mass is 10.1. The molecule has 0 saturated heterocycles. The van der Waals surface area contributed by atoms with Crippen LogP contribution in [0.25, 0.3) is 0 Å². The number of amides is 2. The third-order valence-electron chi connectivity index (χ3n) is 5.00. The fourth-order valence-corrected chi connectivity index (χ4v) is 3.92. The van der Waals surface area contributed by atoms with E-state index in [-0.39, 0.29) is 11.8 Å². The number of hydrogen-bond donors (Lipinski definition) is 2. The highest BCUT2D eigenvalue weighted by Crippen LogP contribution is 2.15. The summed E-state index contributed by atoms with van der Waals surface area (Å²) in [6, 6.07) is 18.8. The molecule has 6 nitrogen and oxygen atoms in total. The van der Waals surface area contributed by atoms with E-state index in [0.29, 0.717) is 30.8 Å². The summed E-state index contributed by atoms with van der Waals surface area (Å²) >= 11 is 1.71. The summed E-state index contributed by atoms with van der Waals surface area (Å²) in [6.45, 7) is 1.90. The average Bonchev–Trinajstić information content (AvgIpc) is 3.32. The van der Waals surface area contributed by atoms with Crippen molar-refractivity contribution >= 4 is 28.8 Å². The van der Waals surface area contributed by atoms with E-state index in [1.807, 2.05) is 49.8 Å². The summed E-state index contributed by atoms with van der Waals surface area (Å²) in [5.41, 5.74) is 2.12. The summed E-state index contributed by atoms with van der Waals surface area (Å²) in [5, 5.41) is 7.86. The Hall–Kier alpha value is -3.16. The highest BCUT2D eigenvalue weighted by Gasteiger charge is 2.09. The zero-order valence-corrected chi connectivity index (χ0v) is 20.0. The molecule has 33 heavy (non-hydrogen) atoms. The number of nitrogens with one attached hydrogen (secondary N) is 2. The van der Waals surface area contributed by atoms with E-state index in [4.69, 9.17) is 4.74 Å². The van der Waals surface area contributed by atoms with Gasteiger partial charge in [0.05, 0.1) is 0 Å². The van der Waals surface area contributed by atoms with Crippen LogP contribution >= 0.6 is 11.3 Å². The fourth-order valence-electron chi connectivity index (χ4n) is 3.17. The topological polar surface area (TPSA) is 70.7 Å². The predicted molar refractivity (Wildman–Crippen MR) is 134 cm³/mol. The molecule has 2 aromatic carbocycles. The van der Waals surface area contributed by atoms with Crippen LogP contribution in [0.5, 0.6) is 5.75 Å². The molecule has 2 amide bonds. The molecule has 3 aromatic rings. The quantitative estimate of drug-likeness (QED) is 0.411. The zero-order valence-electron chi connectivity index (χ0n) is 19.2. The molecule has 1 aromatic heterocycles. The van der Waals surface area contributed by atoms with Gasteiger partial charge in [-0.05, 0) is 74.3 Å². The van der Waals surface area contributed by atoms with Crippen LogP contribution in [0.2, 0.25) is 0 Å². The fraction of sp³-hybridized carbons (Fsp3) is 0.308. The van der Waals surface area contributed by atoms with E-state index in [2.05, 4.69) is 21.6 Å². The number of ether oxygens (including phenoxy) is 1. The zero-order chi connectivity index (χ0) is 23.5. The molecule has 0 atom stereocenters. The van der Waals surface area contributed by atoms with E-state index < -0.39 is 0 Å². The maximum atomic E-state index is 12.6. The number of carbonyl (C=O) groups excluding carboxylic acids is 2. The van der Waals surface area contributed by atoms with Crippen molar-refractivity contribution in [2.24, 2.45) is 0 Å². The Kier molecular flexibility index (Phi) is 9.47. The standard InChI is InChI=1S/C26H31N3O3S/c1-29(2)15-16-32-23-13-11-20(12-14-23)19-27-26(31)21-6-3-7-22(18-21)28-25(30)10-4-8-24-9-5-17-33-24/h3,5-7,9,11-14,17-18H,4,8,10,15-16,19H2,1-2H3,(H,27,31)(H,28,30). The molecule has 0 aliphatic carbocycles. The molecule has 3 rings (SSSR count). The van der Waals surface area contributed by atoms with Crippen molar-refractivity contribution in [3.8, 4) is 5.75 Å². The van der Waals surface area contributed by atoms with Gasteiger partial charge in [0.15, 0.2) is 0 Å². The van der Waals surface area contributed by atoms with Gasteiger partial charge in [0, 0.05) is 35.6 Å². The number of aryl methyl sites for hydroxylation is 1. The molecule has 0 radical (unpaired) electrons. The molecule has 7 heteroatoms. The highest BCUT2D eigenvalue weighted by molar-refractivity contribution is 7.09. The van der Waals surface area contributed by atoms with E-state index in [0.717, 1.165) is 30.7 Å². The van der Waals surface area contributed by atoms with E-state index in [9.17, 15) is 9.59 Å². The van der Waals surface area contributed by atoms with Crippen LogP contribution in [-0.2, 0) is 17.8 Å². The maximum absolute atomic E-state index is 12.6. The lowest BCUT2D eigenvalue weighted by Gasteiger charge is -2.11. The third kappa shape index (κ3) is 8.71. The molecule has 0 spiro atoms. The second-order valence-electron chi connectivity index (χ2n) is 8.04. The molecule has 0 saturated carbocycles. The summed E-state index contributed by atoms with van der Waals surface area (Å²) in [7, 11) is 4.01. The summed E-state index contributed by atoms with van der Waals surface area (Å²) < 4.78 is 5.69. The van der Waals surface area contributed by atoms with Crippen LogP contribution in [0.3, 0.4) is 0 Å². The van der Waals surface area contributed by atoms with Gasteiger partial charge in [-0.2, -0.15) is 0 Å². The SMILES string of the molecule is CN(C)CCOc1ccc(CNC(=O)c2cccc(NC(=O)CCCc3cccs3)c2)cc1. The van der Waals surface area contributed by atoms with Gasteiger partial charge in [0.25, 0.3) is 5.91 Å². The first kappa shape index (κ1) is 24.5. The van der Waals surface area contributed by atoms with E-state index in [1.165, 1.54) is 4.88 Å². The molecular formula is C26H31N3O3S. The van der Waals surface area contributed by atoms with Gasteiger partial charge in [-0.15, -0.1) is 11.3 Å². The summed E-state index contributed by atoms with van der Waals surface area (Å²) in [6.07, 6.45) is 2.14. The maximum Gasteiger partial charge on any atom is 0.251 e. The van der Waals surface area contributed by atoms with Gasteiger partial charge in [-0.1, -0.05) is 24.3 Å². The molecule has 0 unspecified atom stereocenters. The van der Waals surface area contributed by atoms with Gasteiger partial charge >= 0.3 is 0 Å². The van der Waals surface area contributed by atoms with Crippen LogP contribution in [0.4, 0.5) is 5.69 Å². The van der Waals surface area contributed by atoms with E-state index in [1.54, 1.807) is 35.6 Å². The minimum Gasteiger partial charge on any atom is -0.492 e. The Bertz CT molecular complexity index is 1020. The number of benzene rings is 2. The third-order valence-corrected chi connectivity index (χ3v) is 5.94. The van der Waals surface area contributed by atoms with Gasteiger partial charge in [-0.25, -0.2) is 0 Å². The van der Waals surface area contributed by atoms with Gasteiger partial charge < -0.3 is 20.3 Å². The second-order valence-corrected chi connectivity index (χ2v) is 9.07. The van der Waals surface area contributed by atoms with Crippen molar-refractivity contribution in [1.29, 1.82) is 0 Å². The van der Waals surface area contributed by atoms with Crippen molar-refractivity contribution in [2.45, 2.75) is 25.8 Å². The van der Waals surface area contributed by atoms with E-state index >= 15 is 0 Å². The number of rotatable bonds is 12. The lowest BCUT2D eigenvalue weighted by Crippen LogP contribution is -2.23. The highest BCUT2D eigenvalue weighted by atomic mass is 32.1. The molecule has 0 aliphatic heterocycles. The monoisotopic (exact) mass is 465 g/mol.